The van der Waals surface area contributed by atoms with Crippen molar-refractivity contribution >= 4 is 11.6 Å². The predicted octanol–water partition coefficient (Wildman–Crippen LogP) is 1.47. The van der Waals surface area contributed by atoms with Crippen LogP contribution in [0.4, 0.5) is 11.6 Å². The van der Waals surface area contributed by atoms with Crippen molar-refractivity contribution in [3.05, 3.63) is 11.9 Å². The molecule has 1 fully saturated rings. The first-order valence-corrected chi connectivity index (χ1v) is 7.42. The molecule has 0 amide bonds. The van der Waals surface area contributed by atoms with E-state index < -0.39 is 0 Å². The molecule has 0 saturated carbocycles. The Kier molecular flexibility index (Phi) is 5.14. The van der Waals surface area contributed by atoms with Crippen LogP contribution in [0.5, 0.6) is 0 Å². The summed E-state index contributed by atoms with van der Waals surface area (Å²) in [5.74, 6) is 8.48. The number of hydrogen-bond acceptors (Lipinski definition) is 6. The second-order valence-electron chi connectivity index (χ2n) is 5.73. The highest BCUT2D eigenvalue weighted by atomic mass is 15.3. The van der Waals surface area contributed by atoms with Gasteiger partial charge < -0.3 is 15.6 Å². The van der Waals surface area contributed by atoms with E-state index in [0.717, 1.165) is 44.0 Å². The summed E-state index contributed by atoms with van der Waals surface area (Å²) in [6, 6.07) is 2.34. The normalized spacial score (nSPS) is 23.6. The van der Waals surface area contributed by atoms with Gasteiger partial charge in [0.05, 0.1) is 0 Å². The van der Waals surface area contributed by atoms with Crippen LogP contribution < -0.4 is 16.6 Å². The number of nitrogen functional groups attached to an aromatic ring is 1. The molecule has 0 aromatic carbocycles. The molecule has 6 nitrogen and oxygen atoms in total. The first-order chi connectivity index (χ1) is 9.62. The molecular weight excluding hydrogens is 252 g/mol. The number of rotatable bonds is 5. The first kappa shape index (κ1) is 15.0. The van der Waals surface area contributed by atoms with Crippen molar-refractivity contribution in [1.29, 1.82) is 0 Å². The molecule has 1 aromatic rings. The van der Waals surface area contributed by atoms with Crippen LogP contribution in [-0.4, -0.2) is 41.0 Å². The Bertz CT molecular complexity index is 436. The SMILES string of the molecule is CCCc1nc(NN)cc(NC2CCN(C)CC2C)n1. The lowest BCUT2D eigenvalue weighted by Gasteiger charge is -2.35. The van der Waals surface area contributed by atoms with Crippen LogP contribution in [0, 0.1) is 5.92 Å². The zero-order valence-corrected chi connectivity index (χ0v) is 12.7. The van der Waals surface area contributed by atoms with Gasteiger partial charge in [0.2, 0.25) is 0 Å². The van der Waals surface area contributed by atoms with E-state index in [2.05, 4.69) is 46.5 Å². The average Bonchev–Trinajstić information content (AvgIpc) is 2.42. The summed E-state index contributed by atoms with van der Waals surface area (Å²) in [6.45, 7) is 6.64. The van der Waals surface area contributed by atoms with Gasteiger partial charge in [0, 0.05) is 25.1 Å². The fourth-order valence-corrected chi connectivity index (χ4v) is 2.74. The van der Waals surface area contributed by atoms with Crippen LogP contribution in [0.15, 0.2) is 6.07 Å². The van der Waals surface area contributed by atoms with Gasteiger partial charge in [-0.15, -0.1) is 0 Å². The van der Waals surface area contributed by atoms with Crippen LogP contribution in [0.1, 0.15) is 32.5 Å². The van der Waals surface area contributed by atoms with E-state index in [-0.39, 0.29) is 0 Å². The number of piperidine rings is 1. The van der Waals surface area contributed by atoms with E-state index in [1.54, 1.807) is 0 Å². The molecule has 1 aromatic heterocycles. The Balaban J connectivity index is 2.09. The van der Waals surface area contributed by atoms with Crippen molar-refractivity contribution < 1.29 is 0 Å². The van der Waals surface area contributed by atoms with Crippen LogP contribution in [-0.2, 0) is 6.42 Å². The molecule has 1 aliphatic heterocycles. The number of aryl methyl sites for hydroxylation is 1. The molecule has 2 heterocycles. The van der Waals surface area contributed by atoms with E-state index in [9.17, 15) is 0 Å². The standard InChI is InChI=1S/C14H26N6/c1-4-5-12-17-13(8-14(18-12)19-15)16-11-6-7-20(3)9-10(11)2/h8,10-11H,4-7,9,15H2,1-3H3,(H2,16,17,18,19). The second-order valence-corrected chi connectivity index (χ2v) is 5.73. The molecule has 20 heavy (non-hydrogen) atoms. The maximum atomic E-state index is 5.49. The first-order valence-electron chi connectivity index (χ1n) is 7.42. The Morgan fingerprint density at radius 1 is 1.40 bits per heavy atom. The molecule has 6 heteroatoms. The number of aromatic nitrogens is 2. The van der Waals surface area contributed by atoms with Gasteiger partial charge in [-0.2, -0.15) is 0 Å². The largest absolute Gasteiger partial charge is 0.367 e. The molecule has 4 N–H and O–H groups in total. The average molecular weight is 278 g/mol. The van der Waals surface area contributed by atoms with Gasteiger partial charge in [0.1, 0.15) is 17.5 Å². The quantitative estimate of drug-likeness (QED) is 0.559. The van der Waals surface area contributed by atoms with Crippen LogP contribution in [0.2, 0.25) is 0 Å². The fourth-order valence-electron chi connectivity index (χ4n) is 2.74. The van der Waals surface area contributed by atoms with Gasteiger partial charge in [-0.1, -0.05) is 13.8 Å². The summed E-state index contributed by atoms with van der Waals surface area (Å²) >= 11 is 0. The van der Waals surface area contributed by atoms with Gasteiger partial charge in [0.25, 0.3) is 0 Å². The Morgan fingerprint density at radius 3 is 2.80 bits per heavy atom. The molecule has 2 atom stereocenters. The number of nitrogens with one attached hydrogen (secondary N) is 2. The van der Waals surface area contributed by atoms with Crippen molar-refractivity contribution in [2.75, 3.05) is 30.9 Å². The summed E-state index contributed by atoms with van der Waals surface area (Å²) < 4.78 is 0. The van der Waals surface area contributed by atoms with Crippen LogP contribution in [0.3, 0.4) is 0 Å². The minimum absolute atomic E-state index is 0.459. The third kappa shape index (κ3) is 3.80. The monoisotopic (exact) mass is 278 g/mol. The predicted molar refractivity (Wildman–Crippen MR) is 82.5 cm³/mol. The van der Waals surface area contributed by atoms with Gasteiger partial charge >= 0.3 is 0 Å². The minimum atomic E-state index is 0.459. The van der Waals surface area contributed by atoms with Crippen molar-refractivity contribution in [1.82, 2.24) is 14.9 Å². The molecule has 0 spiro atoms. The van der Waals surface area contributed by atoms with E-state index in [4.69, 9.17) is 5.84 Å². The summed E-state index contributed by atoms with van der Waals surface area (Å²) in [5, 5.41) is 3.55. The van der Waals surface area contributed by atoms with Crippen molar-refractivity contribution in [2.24, 2.45) is 11.8 Å². The number of likely N-dealkylation sites (tertiary alicyclic amines) is 1. The summed E-state index contributed by atoms with van der Waals surface area (Å²) in [4.78, 5) is 11.3. The molecule has 0 aliphatic carbocycles. The molecule has 112 valence electrons. The molecule has 1 aliphatic rings. The van der Waals surface area contributed by atoms with Crippen LogP contribution in [0.25, 0.3) is 0 Å². The lowest BCUT2D eigenvalue weighted by Crippen LogP contribution is -2.43. The number of nitrogens with two attached hydrogens (primary N) is 1. The van der Waals surface area contributed by atoms with Crippen molar-refractivity contribution in [2.45, 2.75) is 39.2 Å². The summed E-state index contributed by atoms with van der Waals surface area (Å²) in [6.07, 6.45) is 3.03. The lowest BCUT2D eigenvalue weighted by atomic mass is 9.94. The second kappa shape index (κ2) is 6.85. The Labute approximate surface area is 121 Å². The zero-order chi connectivity index (χ0) is 14.5. The molecule has 0 radical (unpaired) electrons. The van der Waals surface area contributed by atoms with Gasteiger partial charge in [0.15, 0.2) is 0 Å². The highest BCUT2D eigenvalue weighted by Crippen LogP contribution is 2.21. The molecule has 1 saturated heterocycles. The number of hydrogen-bond donors (Lipinski definition) is 3. The van der Waals surface area contributed by atoms with E-state index in [1.165, 1.54) is 0 Å². The molecule has 0 bridgehead atoms. The van der Waals surface area contributed by atoms with E-state index >= 15 is 0 Å². The highest BCUT2D eigenvalue weighted by molar-refractivity contribution is 5.47. The Morgan fingerprint density at radius 2 is 2.15 bits per heavy atom. The maximum absolute atomic E-state index is 5.49. The molecular formula is C14H26N6. The van der Waals surface area contributed by atoms with Crippen molar-refractivity contribution in [3.8, 4) is 0 Å². The van der Waals surface area contributed by atoms with Crippen molar-refractivity contribution in [3.63, 3.8) is 0 Å². The molecule has 2 rings (SSSR count). The number of nitrogens with zero attached hydrogens (tertiary/aromatic N) is 3. The Hall–Kier alpha value is -1.40. The number of hydrazine groups is 1. The minimum Gasteiger partial charge on any atom is -0.367 e. The van der Waals surface area contributed by atoms with Gasteiger partial charge in [-0.3, -0.25) is 0 Å². The summed E-state index contributed by atoms with van der Waals surface area (Å²) in [7, 11) is 2.17. The topological polar surface area (TPSA) is 79.1 Å². The van der Waals surface area contributed by atoms with Gasteiger partial charge in [-0.05, 0) is 32.4 Å². The summed E-state index contributed by atoms with van der Waals surface area (Å²) in [5.41, 5.74) is 2.62. The lowest BCUT2D eigenvalue weighted by molar-refractivity contribution is 0.206. The van der Waals surface area contributed by atoms with E-state index in [1.807, 2.05) is 6.07 Å². The van der Waals surface area contributed by atoms with Gasteiger partial charge in [-0.25, -0.2) is 15.8 Å². The number of anilines is 2. The third-order valence-electron chi connectivity index (χ3n) is 3.84. The van der Waals surface area contributed by atoms with E-state index in [0.29, 0.717) is 17.8 Å². The zero-order valence-electron chi connectivity index (χ0n) is 12.7. The molecule has 2 unspecified atom stereocenters. The fraction of sp³-hybridized carbons (Fsp3) is 0.714. The maximum Gasteiger partial charge on any atom is 0.145 e. The third-order valence-corrected chi connectivity index (χ3v) is 3.84. The smallest absolute Gasteiger partial charge is 0.145 e. The highest BCUT2D eigenvalue weighted by Gasteiger charge is 2.24. The van der Waals surface area contributed by atoms with Crippen LogP contribution >= 0.6 is 0 Å².